The maximum atomic E-state index is 12.6. The summed E-state index contributed by atoms with van der Waals surface area (Å²) < 4.78 is 5.11. The van der Waals surface area contributed by atoms with Crippen molar-refractivity contribution >= 4 is 17.5 Å². The number of aryl methyl sites for hydroxylation is 1. The smallest absolute Gasteiger partial charge is 0.291 e. The highest BCUT2D eigenvalue weighted by Gasteiger charge is 2.15. The summed E-state index contributed by atoms with van der Waals surface area (Å²) in [6.45, 7) is 4.54. The van der Waals surface area contributed by atoms with E-state index in [9.17, 15) is 9.59 Å². The van der Waals surface area contributed by atoms with Gasteiger partial charge in [0.25, 0.3) is 11.8 Å². The standard InChI is InChI=1S/C23H24N2O3/c1-3-17(18-8-5-4-6-9-18)15-24-22(26)19-12-11-16(2)20(14-19)25-23(27)21-10-7-13-28-21/h4-14,17H,3,15H2,1-2H3,(H,24,26)(H,25,27)/t17-/m0/s1. The van der Waals surface area contributed by atoms with E-state index in [0.717, 1.165) is 12.0 Å². The molecule has 1 heterocycles. The van der Waals surface area contributed by atoms with E-state index in [1.54, 1.807) is 24.3 Å². The lowest BCUT2D eigenvalue weighted by atomic mass is 9.96. The fourth-order valence-corrected chi connectivity index (χ4v) is 3.03. The summed E-state index contributed by atoms with van der Waals surface area (Å²) in [5.41, 5.74) is 3.17. The normalized spacial score (nSPS) is 11.6. The molecule has 2 aromatic carbocycles. The van der Waals surface area contributed by atoms with Gasteiger partial charge in [-0.1, -0.05) is 43.3 Å². The van der Waals surface area contributed by atoms with Gasteiger partial charge < -0.3 is 15.1 Å². The van der Waals surface area contributed by atoms with E-state index in [0.29, 0.717) is 17.8 Å². The average Bonchev–Trinajstić information content (AvgIpc) is 3.26. The first-order chi connectivity index (χ1) is 13.6. The van der Waals surface area contributed by atoms with Crippen molar-refractivity contribution in [2.24, 2.45) is 0 Å². The Balaban J connectivity index is 1.67. The molecule has 3 aromatic rings. The molecule has 1 atom stereocenters. The number of hydrogen-bond acceptors (Lipinski definition) is 3. The van der Waals surface area contributed by atoms with Gasteiger partial charge in [-0.15, -0.1) is 0 Å². The van der Waals surface area contributed by atoms with E-state index >= 15 is 0 Å². The molecule has 0 aliphatic heterocycles. The van der Waals surface area contributed by atoms with Gasteiger partial charge in [0.2, 0.25) is 0 Å². The van der Waals surface area contributed by atoms with Crippen molar-refractivity contribution in [1.82, 2.24) is 5.32 Å². The monoisotopic (exact) mass is 376 g/mol. The van der Waals surface area contributed by atoms with Crippen molar-refractivity contribution in [1.29, 1.82) is 0 Å². The molecule has 0 saturated heterocycles. The number of hydrogen-bond donors (Lipinski definition) is 2. The van der Waals surface area contributed by atoms with Crippen LogP contribution in [-0.4, -0.2) is 18.4 Å². The van der Waals surface area contributed by atoms with E-state index in [1.807, 2.05) is 31.2 Å². The van der Waals surface area contributed by atoms with Crippen LogP contribution in [-0.2, 0) is 0 Å². The van der Waals surface area contributed by atoms with Crippen molar-refractivity contribution in [2.75, 3.05) is 11.9 Å². The molecule has 0 aliphatic carbocycles. The molecule has 28 heavy (non-hydrogen) atoms. The van der Waals surface area contributed by atoms with Gasteiger partial charge in [0.15, 0.2) is 5.76 Å². The predicted octanol–water partition coefficient (Wildman–Crippen LogP) is 4.76. The van der Waals surface area contributed by atoms with Crippen molar-refractivity contribution in [3.8, 4) is 0 Å². The molecule has 0 fully saturated rings. The summed E-state index contributed by atoms with van der Waals surface area (Å²) in [4.78, 5) is 24.8. The summed E-state index contributed by atoms with van der Waals surface area (Å²) in [5, 5.41) is 5.80. The molecule has 1 aromatic heterocycles. The Morgan fingerprint density at radius 3 is 2.46 bits per heavy atom. The lowest BCUT2D eigenvalue weighted by Crippen LogP contribution is -2.28. The molecular weight excluding hydrogens is 352 g/mol. The van der Waals surface area contributed by atoms with Crippen LogP contribution in [0.15, 0.2) is 71.3 Å². The first kappa shape index (κ1) is 19.4. The van der Waals surface area contributed by atoms with Crippen LogP contribution in [0.4, 0.5) is 5.69 Å². The minimum atomic E-state index is -0.346. The fourth-order valence-electron chi connectivity index (χ4n) is 3.03. The van der Waals surface area contributed by atoms with Gasteiger partial charge in [0, 0.05) is 23.7 Å². The van der Waals surface area contributed by atoms with Gasteiger partial charge in [-0.2, -0.15) is 0 Å². The third-order valence-electron chi connectivity index (χ3n) is 4.77. The second kappa shape index (κ2) is 9.04. The summed E-state index contributed by atoms with van der Waals surface area (Å²) in [6, 6.07) is 18.7. The first-order valence-corrected chi connectivity index (χ1v) is 9.37. The zero-order valence-corrected chi connectivity index (χ0v) is 16.1. The van der Waals surface area contributed by atoms with E-state index < -0.39 is 0 Å². The maximum Gasteiger partial charge on any atom is 0.291 e. The van der Waals surface area contributed by atoms with Crippen LogP contribution in [0.1, 0.15) is 51.3 Å². The second-order valence-corrected chi connectivity index (χ2v) is 6.69. The molecule has 0 bridgehead atoms. The van der Waals surface area contributed by atoms with Gasteiger partial charge in [-0.05, 0) is 48.7 Å². The zero-order chi connectivity index (χ0) is 19.9. The Morgan fingerprint density at radius 2 is 1.79 bits per heavy atom. The van der Waals surface area contributed by atoms with Crippen LogP contribution in [0.3, 0.4) is 0 Å². The molecule has 144 valence electrons. The highest BCUT2D eigenvalue weighted by molar-refractivity contribution is 6.03. The minimum absolute atomic E-state index is 0.164. The molecule has 0 spiro atoms. The Bertz CT molecular complexity index is 934. The molecule has 2 N–H and O–H groups in total. The van der Waals surface area contributed by atoms with Crippen LogP contribution < -0.4 is 10.6 Å². The largest absolute Gasteiger partial charge is 0.459 e. The third-order valence-corrected chi connectivity index (χ3v) is 4.77. The number of rotatable bonds is 7. The van der Waals surface area contributed by atoms with E-state index in [2.05, 4.69) is 29.7 Å². The van der Waals surface area contributed by atoms with E-state index in [-0.39, 0.29) is 23.5 Å². The third kappa shape index (κ3) is 4.68. The first-order valence-electron chi connectivity index (χ1n) is 9.37. The lowest BCUT2D eigenvalue weighted by molar-refractivity contribution is 0.0949. The van der Waals surface area contributed by atoms with Crippen LogP contribution in [0, 0.1) is 6.92 Å². The topological polar surface area (TPSA) is 71.3 Å². The molecular formula is C23H24N2O3. The Hall–Kier alpha value is -3.34. The summed E-state index contributed by atoms with van der Waals surface area (Å²) in [6.07, 6.45) is 2.38. The zero-order valence-electron chi connectivity index (χ0n) is 16.1. The fraction of sp³-hybridized carbons (Fsp3) is 0.217. The average molecular weight is 376 g/mol. The van der Waals surface area contributed by atoms with Crippen molar-refractivity contribution in [2.45, 2.75) is 26.2 Å². The van der Waals surface area contributed by atoms with E-state index in [4.69, 9.17) is 4.42 Å². The highest BCUT2D eigenvalue weighted by Crippen LogP contribution is 2.20. The summed E-state index contributed by atoms with van der Waals surface area (Å²) >= 11 is 0. The van der Waals surface area contributed by atoms with Crippen LogP contribution >= 0.6 is 0 Å². The van der Waals surface area contributed by atoms with Crippen LogP contribution in [0.2, 0.25) is 0 Å². The Morgan fingerprint density at radius 1 is 1.00 bits per heavy atom. The predicted molar refractivity (Wildman–Crippen MR) is 110 cm³/mol. The van der Waals surface area contributed by atoms with E-state index in [1.165, 1.54) is 11.8 Å². The van der Waals surface area contributed by atoms with Crippen molar-refractivity contribution in [3.63, 3.8) is 0 Å². The van der Waals surface area contributed by atoms with Crippen molar-refractivity contribution < 1.29 is 14.0 Å². The molecule has 0 saturated carbocycles. The second-order valence-electron chi connectivity index (χ2n) is 6.69. The maximum absolute atomic E-state index is 12.6. The Labute approximate surface area is 164 Å². The molecule has 3 rings (SSSR count). The molecule has 0 aliphatic rings. The van der Waals surface area contributed by atoms with Crippen LogP contribution in [0.5, 0.6) is 0 Å². The number of anilines is 1. The van der Waals surface area contributed by atoms with Crippen LogP contribution in [0.25, 0.3) is 0 Å². The summed E-state index contributed by atoms with van der Waals surface area (Å²) in [5.74, 6) is -0.0275. The summed E-state index contributed by atoms with van der Waals surface area (Å²) in [7, 11) is 0. The number of nitrogens with one attached hydrogen (secondary N) is 2. The number of carbonyl (C=O) groups excluding carboxylic acids is 2. The lowest BCUT2D eigenvalue weighted by Gasteiger charge is -2.16. The molecule has 2 amide bonds. The highest BCUT2D eigenvalue weighted by atomic mass is 16.3. The number of furan rings is 1. The van der Waals surface area contributed by atoms with Gasteiger partial charge in [0.1, 0.15) is 0 Å². The minimum Gasteiger partial charge on any atom is -0.459 e. The number of carbonyl (C=O) groups is 2. The SMILES string of the molecule is CC[C@@H](CNC(=O)c1ccc(C)c(NC(=O)c2ccco2)c1)c1ccccc1. The van der Waals surface area contributed by atoms with Gasteiger partial charge in [-0.3, -0.25) is 9.59 Å². The molecule has 5 nitrogen and oxygen atoms in total. The number of amides is 2. The van der Waals surface area contributed by atoms with Gasteiger partial charge in [-0.25, -0.2) is 0 Å². The van der Waals surface area contributed by atoms with Crippen molar-refractivity contribution in [3.05, 3.63) is 89.4 Å². The molecule has 0 radical (unpaired) electrons. The van der Waals surface area contributed by atoms with Gasteiger partial charge >= 0.3 is 0 Å². The molecule has 0 unspecified atom stereocenters. The van der Waals surface area contributed by atoms with Gasteiger partial charge in [0.05, 0.1) is 6.26 Å². The number of benzene rings is 2. The quantitative estimate of drug-likeness (QED) is 0.624. The molecule has 5 heteroatoms. The Kier molecular flexibility index (Phi) is 6.27.